The Bertz CT molecular complexity index is 1450. The first-order valence-corrected chi connectivity index (χ1v) is 12.6. The van der Waals surface area contributed by atoms with Gasteiger partial charge in [0, 0.05) is 0 Å². The van der Waals surface area contributed by atoms with Gasteiger partial charge in [0.05, 0.1) is 0 Å². The molecule has 0 spiro atoms. The molecule has 36 heavy (non-hydrogen) atoms. The summed E-state index contributed by atoms with van der Waals surface area (Å²) in [7, 11) is 0. The minimum atomic E-state index is 0.945. The average Bonchev–Trinajstić information content (AvgIpc) is 2.95. The van der Waals surface area contributed by atoms with E-state index in [9.17, 15) is 0 Å². The van der Waals surface area contributed by atoms with E-state index in [1.54, 1.807) is 0 Å². The number of rotatable bonds is 6. The molecular formula is C36H28. The van der Waals surface area contributed by atoms with Crippen molar-refractivity contribution >= 4 is 10.8 Å². The van der Waals surface area contributed by atoms with Crippen LogP contribution in [0.5, 0.6) is 0 Å². The molecular weight excluding hydrogens is 432 g/mol. The molecule has 0 aromatic heterocycles. The molecule has 0 nitrogen and oxygen atoms in total. The maximum atomic E-state index is 2.33. The predicted octanol–water partition coefficient (Wildman–Crippen LogP) is 9.36. The molecule has 0 bridgehead atoms. The van der Waals surface area contributed by atoms with Gasteiger partial charge in [0.2, 0.25) is 0 Å². The van der Waals surface area contributed by atoms with E-state index < -0.39 is 0 Å². The zero-order valence-electron chi connectivity index (χ0n) is 20.3. The van der Waals surface area contributed by atoms with Crippen molar-refractivity contribution in [1.29, 1.82) is 0 Å². The normalized spacial score (nSPS) is 11.0. The van der Waals surface area contributed by atoms with Gasteiger partial charge in [-0.15, -0.1) is 0 Å². The van der Waals surface area contributed by atoms with Crippen LogP contribution < -0.4 is 0 Å². The molecule has 172 valence electrons. The molecule has 0 amide bonds. The smallest absolute Gasteiger partial charge is 0.00255 e. The van der Waals surface area contributed by atoms with E-state index >= 15 is 0 Å². The summed E-state index contributed by atoms with van der Waals surface area (Å²) >= 11 is 0. The summed E-state index contributed by atoms with van der Waals surface area (Å²) in [5, 5.41) is 2.60. The quantitative estimate of drug-likeness (QED) is 0.232. The first-order chi connectivity index (χ1) is 17.8. The fraction of sp³-hybridized carbons (Fsp3) is 0.0556. The molecule has 6 aromatic rings. The second-order valence-corrected chi connectivity index (χ2v) is 9.50. The molecule has 0 aliphatic carbocycles. The summed E-state index contributed by atoms with van der Waals surface area (Å²) < 4.78 is 0. The molecule has 6 aromatic carbocycles. The Kier molecular flexibility index (Phi) is 6.17. The van der Waals surface area contributed by atoms with E-state index in [1.165, 1.54) is 55.3 Å². The summed E-state index contributed by atoms with van der Waals surface area (Å²) in [4.78, 5) is 0. The van der Waals surface area contributed by atoms with Crippen LogP contribution in [0, 0.1) is 0 Å². The lowest BCUT2D eigenvalue weighted by Gasteiger charge is -2.09. The number of hydrogen-bond acceptors (Lipinski definition) is 0. The van der Waals surface area contributed by atoms with E-state index in [0.717, 1.165) is 12.8 Å². The predicted molar refractivity (Wildman–Crippen MR) is 153 cm³/mol. The maximum Gasteiger partial charge on any atom is -0.00255 e. The van der Waals surface area contributed by atoms with Gasteiger partial charge in [0.1, 0.15) is 0 Å². The Balaban J connectivity index is 1.15. The van der Waals surface area contributed by atoms with Gasteiger partial charge >= 0.3 is 0 Å². The summed E-state index contributed by atoms with van der Waals surface area (Å²) in [6, 6.07) is 52.8. The average molecular weight is 461 g/mol. The summed E-state index contributed by atoms with van der Waals surface area (Å²) in [5.74, 6) is 0. The first kappa shape index (κ1) is 22.1. The van der Waals surface area contributed by atoms with Gasteiger partial charge < -0.3 is 0 Å². The molecule has 0 aliphatic rings. The largest absolute Gasteiger partial charge is 0.0622 e. The van der Waals surface area contributed by atoms with E-state index in [0.29, 0.717) is 0 Å². The lowest BCUT2D eigenvalue weighted by Crippen LogP contribution is -1.91. The fourth-order valence-electron chi connectivity index (χ4n) is 4.93. The van der Waals surface area contributed by atoms with Crippen molar-refractivity contribution in [1.82, 2.24) is 0 Å². The number of fused-ring (bicyclic) bond motifs is 1. The highest BCUT2D eigenvalue weighted by Crippen LogP contribution is 2.25. The third kappa shape index (κ3) is 4.99. The maximum absolute atomic E-state index is 2.33. The van der Waals surface area contributed by atoms with Gasteiger partial charge in [0.15, 0.2) is 0 Å². The van der Waals surface area contributed by atoms with E-state index in [4.69, 9.17) is 0 Å². The molecule has 0 saturated heterocycles. The van der Waals surface area contributed by atoms with E-state index in [-0.39, 0.29) is 0 Å². The minimum absolute atomic E-state index is 0.945. The molecule has 0 saturated carbocycles. The molecule has 6 rings (SSSR count). The summed E-state index contributed by atoms with van der Waals surface area (Å²) in [6.45, 7) is 0. The standard InChI is InChI=1S/C36H28/c1-3-7-31(8-4-1)33-17-11-27(12-18-33)23-29-15-21-36-26-30(16-22-35(36)25-29)24-28-13-19-34(20-14-28)32-9-5-2-6-10-32/h1-22,25-26H,23-24H2. The zero-order chi connectivity index (χ0) is 24.2. The minimum Gasteiger partial charge on any atom is -0.0622 e. The van der Waals surface area contributed by atoms with Gasteiger partial charge in [0.25, 0.3) is 0 Å². The second kappa shape index (κ2) is 10.1. The third-order valence-electron chi connectivity index (χ3n) is 6.91. The van der Waals surface area contributed by atoms with Crippen molar-refractivity contribution in [3.05, 3.63) is 168 Å². The fourth-order valence-corrected chi connectivity index (χ4v) is 4.93. The first-order valence-electron chi connectivity index (χ1n) is 12.6. The Morgan fingerprint density at radius 2 is 0.611 bits per heavy atom. The summed E-state index contributed by atoms with van der Waals surface area (Å²) in [6.07, 6.45) is 1.89. The Hall–Kier alpha value is -4.42. The van der Waals surface area contributed by atoms with Crippen LogP contribution in [0.2, 0.25) is 0 Å². The van der Waals surface area contributed by atoms with Gasteiger partial charge in [-0.2, -0.15) is 0 Å². The molecule has 0 fully saturated rings. The Morgan fingerprint density at radius 1 is 0.278 bits per heavy atom. The van der Waals surface area contributed by atoms with Crippen LogP contribution in [0.25, 0.3) is 33.0 Å². The Morgan fingerprint density at radius 3 is 1.00 bits per heavy atom. The topological polar surface area (TPSA) is 0 Å². The lowest BCUT2D eigenvalue weighted by atomic mass is 9.96. The van der Waals surface area contributed by atoms with Crippen molar-refractivity contribution in [3.63, 3.8) is 0 Å². The lowest BCUT2D eigenvalue weighted by molar-refractivity contribution is 1.19. The zero-order valence-corrected chi connectivity index (χ0v) is 20.3. The number of hydrogen-bond donors (Lipinski definition) is 0. The van der Waals surface area contributed by atoms with Crippen LogP contribution in [0.1, 0.15) is 22.3 Å². The molecule has 0 radical (unpaired) electrons. The van der Waals surface area contributed by atoms with Crippen molar-refractivity contribution in [2.75, 3.05) is 0 Å². The number of benzene rings is 6. The van der Waals surface area contributed by atoms with Crippen molar-refractivity contribution in [3.8, 4) is 22.3 Å². The highest BCUT2D eigenvalue weighted by atomic mass is 14.1. The van der Waals surface area contributed by atoms with Crippen molar-refractivity contribution in [2.24, 2.45) is 0 Å². The molecule has 0 atom stereocenters. The highest BCUT2D eigenvalue weighted by Gasteiger charge is 2.04. The van der Waals surface area contributed by atoms with Crippen LogP contribution in [0.3, 0.4) is 0 Å². The van der Waals surface area contributed by atoms with Gasteiger partial charge in [-0.25, -0.2) is 0 Å². The van der Waals surface area contributed by atoms with E-state index in [1.807, 2.05) is 0 Å². The molecule has 0 N–H and O–H groups in total. The van der Waals surface area contributed by atoms with Crippen LogP contribution in [0.15, 0.2) is 146 Å². The molecule has 0 aliphatic heterocycles. The van der Waals surface area contributed by atoms with Crippen LogP contribution in [0.4, 0.5) is 0 Å². The van der Waals surface area contributed by atoms with Gasteiger partial charge in [-0.1, -0.05) is 146 Å². The van der Waals surface area contributed by atoms with Crippen LogP contribution in [-0.2, 0) is 12.8 Å². The SMILES string of the molecule is c1ccc(-c2ccc(Cc3ccc4cc(Cc5ccc(-c6ccccc6)cc5)ccc4c3)cc2)cc1. The monoisotopic (exact) mass is 460 g/mol. The Labute approximate surface area is 213 Å². The van der Waals surface area contributed by atoms with Gasteiger partial charge in [-0.05, 0) is 68.1 Å². The molecule has 0 heteroatoms. The van der Waals surface area contributed by atoms with Crippen molar-refractivity contribution < 1.29 is 0 Å². The third-order valence-corrected chi connectivity index (χ3v) is 6.91. The highest BCUT2D eigenvalue weighted by molar-refractivity contribution is 5.84. The van der Waals surface area contributed by atoms with Crippen molar-refractivity contribution in [2.45, 2.75) is 12.8 Å². The van der Waals surface area contributed by atoms with Crippen LogP contribution in [-0.4, -0.2) is 0 Å². The van der Waals surface area contributed by atoms with E-state index in [2.05, 4.69) is 146 Å². The molecule has 0 unspecified atom stereocenters. The van der Waals surface area contributed by atoms with Gasteiger partial charge in [-0.3, -0.25) is 0 Å². The van der Waals surface area contributed by atoms with Crippen LogP contribution >= 0.6 is 0 Å². The second-order valence-electron chi connectivity index (χ2n) is 9.50. The summed E-state index contributed by atoms with van der Waals surface area (Å²) in [5.41, 5.74) is 10.4. The molecule has 0 heterocycles.